The van der Waals surface area contributed by atoms with Gasteiger partial charge in [0.1, 0.15) is 6.04 Å². The number of ether oxygens (including phenoxy) is 1. The number of rotatable bonds is 5. The van der Waals surface area contributed by atoms with Crippen LogP contribution in [0.1, 0.15) is 31.1 Å². The van der Waals surface area contributed by atoms with Crippen LogP contribution in [-0.4, -0.2) is 37.5 Å². The van der Waals surface area contributed by atoms with Crippen molar-refractivity contribution in [3.8, 4) is 0 Å². The predicted octanol–water partition coefficient (Wildman–Crippen LogP) is 1.35. The van der Waals surface area contributed by atoms with Crippen molar-refractivity contribution < 1.29 is 19.1 Å². The summed E-state index contributed by atoms with van der Waals surface area (Å²) >= 11 is 0. The Balaban J connectivity index is 2.93. The molecule has 6 nitrogen and oxygen atoms in total. The number of para-hydroxylation sites is 1. The summed E-state index contributed by atoms with van der Waals surface area (Å²) in [5.41, 5.74) is 0.810. The van der Waals surface area contributed by atoms with E-state index in [1.807, 2.05) is 0 Å². The van der Waals surface area contributed by atoms with E-state index < -0.39 is 17.9 Å². The van der Waals surface area contributed by atoms with E-state index in [9.17, 15) is 14.4 Å². The Bertz CT molecular complexity index is 542. The molecule has 1 atom stereocenters. The van der Waals surface area contributed by atoms with Crippen LogP contribution in [0.25, 0.3) is 0 Å². The number of carbonyl (C=O) groups is 3. The van der Waals surface area contributed by atoms with Gasteiger partial charge in [-0.05, 0) is 26.0 Å². The molecule has 2 amide bonds. The van der Waals surface area contributed by atoms with Gasteiger partial charge in [-0.2, -0.15) is 0 Å². The van der Waals surface area contributed by atoms with Crippen molar-refractivity contribution in [2.24, 2.45) is 0 Å². The Morgan fingerprint density at radius 3 is 2.48 bits per heavy atom. The molecule has 114 valence electrons. The normalized spacial score (nSPS) is 11.4. The summed E-state index contributed by atoms with van der Waals surface area (Å²) in [4.78, 5) is 36.6. The first kappa shape index (κ1) is 16.7. The maximum Gasteiger partial charge on any atom is 0.328 e. The molecule has 0 radical (unpaired) electrons. The highest BCUT2D eigenvalue weighted by atomic mass is 16.5. The van der Waals surface area contributed by atoms with Gasteiger partial charge in [-0.1, -0.05) is 12.1 Å². The Kier molecular flexibility index (Phi) is 5.90. The molecule has 0 aliphatic heterocycles. The Labute approximate surface area is 124 Å². The van der Waals surface area contributed by atoms with Crippen LogP contribution in [0.3, 0.4) is 0 Å². The van der Waals surface area contributed by atoms with Crippen LogP contribution in [0.2, 0.25) is 0 Å². The quantitative estimate of drug-likeness (QED) is 0.831. The van der Waals surface area contributed by atoms with Gasteiger partial charge in [-0.15, -0.1) is 0 Å². The van der Waals surface area contributed by atoms with Gasteiger partial charge in [0, 0.05) is 14.0 Å². The molecule has 6 heteroatoms. The van der Waals surface area contributed by atoms with E-state index in [1.165, 1.54) is 11.8 Å². The SMILES string of the molecule is CCOC(=O)C(C)NC(=O)c1ccccc1N(C)C(C)=O. The Hall–Kier alpha value is -2.37. The van der Waals surface area contributed by atoms with Gasteiger partial charge in [-0.3, -0.25) is 9.59 Å². The number of hydrogen-bond donors (Lipinski definition) is 1. The fourth-order valence-corrected chi connectivity index (χ4v) is 1.73. The molecule has 1 aromatic carbocycles. The second kappa shape index (κ2) is 7.42. The lowest BCUT2D eigenvalue weighted by Crippen LogP contribution is -2.40. The van der Waals surface area contributed by atoms with Crippen molar-refractivity contribution in [2.75, 3.05) is 18.6 Å². The van der Waals surface area contributed by atoms with Gasteiger partial charge in [0.05, 0.1) is 17.9 Å². The highest BCUT2D eigenvalue weighted by Crippen LogP contribution is 2.19. The number of esters is 1. The molecule has 0 spiro atoms. The molecule has 0 aromatic heterocycles. The lowest BCUT2D eigenvalue weighted by atomic mass is 10.1. The molecule has 1 aromatic rings. The van der Waals surface area contributed by atoms with Crippen molar-refractivity contribution in [1.82, 2.24) is 5.32 Å². The van der Waals surface area contributed by atoms with E-state index in [4.69, 9.17) is 4.74 Å². The first-order chi connectivity index (χ1) is 9.88. The molecule has 0 aliphatic rings. The van der Waals surface area contributed by atoms with Gasteiger partial charge >= 0.3 is 5.97 Å². The maximum absolute atomic E-state index is 12.3. The Morgan fingerprint density at radius 1 is 1.29 bits per heavy atom. The van der Waals surface area contributed by atoms with Gasteiger partial charge in [0.15, 0.2) is 0 Å². The highest BCUT2D eigenvalue weighted by Gasteiger charge is 2.21. The summed E-state index contributed by atoms with van der Waals surface area (Å²) in [6.07, 6.45) is 0. The topological polar surface area (TPSA) is 75.7 Å². The van der Waals surface area contributed by atoms with Crippen molar-refractivity contribution in [3.05, 3.63) is 29.8 Å². The molecule has 0 heterocycles. The van der Waals surface area contributed by atoms with Gasteiger partial charge in [0.25, 0.3) is 5.91 Å². The summed E-state index contributed by atoms with van der Waals surface area (Å²) in [7, 11) is 1.59. The van der Waals surface area contributed by atoms with Crippen molar-refractivity contribution in [1.29, 1.82) is 0 Å². The molecule has 0 fully saturated rings. The zero-order valence-corrected chi connectivity index (χ0v) is 12.7. The van der Waals surface area contributed by atoms with Crippen LogP contribution >= 0.6 is 0 Å². The highest BCUT2D eigenvalue weighted by molar-refractivity contribution is 6.05. The van der Waals surface area contributed by atoms with Gasteiger partial charge in [0.2, 0.25) is 5.91 Å². The van der Waals surface area contributed by atoms with Crippen LogP contribution in [0.5, 0.6) is 0 Å². The molecule has 0 saturated heterocycles. The van der Waals surface area contributed by atoms with Crippen LogP contribution < -0.4 is 10.2 Å². The third-order valence-corrected chi connectivity index (χ3v) is 2.97. The lowest BCUT2D eigenvalue weighted by molar-refractivity contribution is -0.144. The van der Waals surface area contributed by atoms with Crippen LogP contribution in [0, 0.1) is 0 Å². The maximum atomic E-state index is 12.3. The Morgan fingerprint density at radius 2 is 1.90 bits per heavy atom. The number of hydrogen-bond acceptors (Lipinski definition) is 4. The number of carbonyl (C=O) groups excluding carboxylic acids is 3. The average molecular weight is 292 g/mol. The average Bonchev–Trinajstić information content (AvgIpc) is 2.46. The smallest absolute Gasteiger partial charge is 0.328 e. The van der Waals surface area contributed by atoms with Crippen LogP contribution in [-0.2, 0) is 14.3 Å². The molecule has 1 rings (SSSR count). The minimum atomic E-state index is -0.756. The number of nitrogens with zero attached hydrogens (tertiary/aromatic N) is 1. The zero-order chi connectivity index (χ0) is 16.0. The van der Waals surface area contributed by atoms with Crippen LogP contribution in [0.15, 0.2) is 24.3 Å². The van der Waals surface area contributed by atoms with Gasteiger partial charge < -0.3 is 15.0 Å². The zero-order valence-electron chi connectivity index (χ0n) is 12.7. The molecule has 0 bridgehead atoms. The summed E-state index contributed by atoms with van der Waals surface area (Å²) in [6.45, 7) is 4.91. The van der Waals surface area contributed by atoms with Crippen molar-refractivity contribution in [2.45, 2.75) is 26.8 Å². The first-order valence-electron chi connectivity index (χ1n) is 6.69. The molecule has 1 unspecified atom stereocenters. The van der Waals surface area contributed by atoms with E-state index in [0.29, 0.717) is 11.3 Å². The fraction of sp³-hybridized carbons (Fsp3) is 0.400. The van der Waals surface area contributed by atoms with E-state index >= 15 is 0 Å². The first-order valence-corrected chi connectivity index (χ1v) is 6.69. The number of amides is 2. The predicted molar refractivity (Wildman–Crippen MR) is 79.1 cm³/mol. The molecule has 0 aliphatic carbocycles. The number of anilines is 1. The molecular formula is C15H20N2O4. The summed E-state index contributed by atoms with van der Waals surface area (Å²) in [6, 6.07) is 5.95. The molecule has 21 heavy (non-hydrogen) atoms. The fourth-order valence-electron chi connectivity index (χ4n) is 1.73. The molecule has 1 N–H and O–H groups in total. The number of nitrogens with one attached hydrogen (secondary N) is 1. The minimum Gasteiger partial charge on any atom is -0.464 e. The second-order valence-electron chi connectivity index (χ2n) is 4.54. The van der Waals surface area contributed by atoms with Gasteiger partial charge in [-0.25, -0.2) is 4.79 Å². The molecular weight excluding hydrogens is 272 g/mol. The summed E-state index contributed by atoms with van der Waals surface area (Å²) in [5.74, 6) is -1.11. The largest absolute Gasteiger partial charge is 0.464 e. The lowest BCUT2D eigenvalue weighted by Gasteiger charge is -2.19. The standard InChI is InChI=1S/C15H20N2O4/c1-5-21-15(20)10(2)16-14(19)12-8-6-7-9-13(12)17(4)11(3)18/h6-10H,5H2,1-4H3,(H,16,19). The van der Waals surface area contributed by atoms with Crippen molar-refractivity contribution >= 4 is 23.5 Å². The monoisotopic (exact) mass is 292 g/mol. The third kappa shape index (κ3) is 4.30. The van der Waals surface area contributed by atoms with Crippen molar-refractivity contribution in [3.63, 3.8) is 0 Å². The van der Waals surface area contributed by atoms with Crippen LogP contribution in [0.4, 0.5) is 5.69 Å². The minimum absolute atomic E-state index is 0.186. The van der Waals surface area contributed by atoms with E-state index in [1.54, 1.807) is 45.2 Å². The third-order valence-electron chi connectivity index (χ3n) is 2.97. The number of benzene rings is 1. The molecule has 0 saturated carbocycles. The van der Waals surface area contributed by atoms with E-state index in [2.05, 4.69) is 5.32 Å². The van der Waals surface area contributed by atoms with E-state index in [0.717, 1.165) is 0 Å². The second-order valence-corrected chi connectivity index (χ2v) is 4.54. The van der Waals surface area contributed by atoms with E-state index in [-0.39, 0.29) is 12.5 Å². The summed E-state index contributed by atoms with van der Waals surface area (Å²) in [5, 5.41) is 2.56. The summed E-state index contributed by atoms with van der Waals surface area (Å²) < 4.78 is 4.84.